The van der Waals surface area contributed by atoms with E-state index in [9.17, 15) is 34.9 Å². The highest BCUT2D eigenvalue weighted by Crippen LogP contribution is 2.37. The van der Waals surface area contributed by atoms with Gasteiger partial charge in [0, 0.05) is 11.6 Å². The zero-order valence-corrected chi connectivity index (χ0v) is 11.7. The van der Waals surface area contributed by atoms with Crippen molar-refractivity contribution < 1.29 is 29.6 Å². The number of aromatic carboxylic acids is 2. The molecule has 0 saturated heterocycles. The molecule has 0 unspecified atom stereocenters. The Hall–Kier alpha value is -3.82. The van der Waals surface area contributed by atoms with Crippen molar-refractivity contribution in [2.75, 3.05) is 0 Å². The van der Waals surface area contributed by atoms with Crippen LogP contribution >= 0.6 is 0 Å². The third-order valence-corrected chi connectivity index (χ3v) is 3.19. The normalized spacial score (nSPS) is 10.2. The van der Waals surface area contributed by atoms with Gasteiger partial charge in [0.05, 0.1) is 15.4 Å². The molecule has 0 radical (unpaired) electrons. The van der Waals surface area contributed by atoms with Crippen LogP contribution in [0.15, 0.2) is 36.4 Å². The number of carboxylic acid groups (broad SMARTS) is 2. The highest BCUT2D eigenvalue weighted by atomic mass is 16.6. The molecular formula is C14H8N2O8. The zero-order chi connectivity index (χ0) is 18.0. The molecule has 0 spiro atoms. The third-order valence-electron chi connectivity index (χ3n) is 3.19. The summed E-state index contributed by atoms with van der Waals surface area (Å²) in [7, 11) is 0. The Bertz CT molecular complexity index is 873. The molecule has 0 amide bonds. The van der Waals surface area contributed by atoms with Crippen molar-refractivity contribution in [3.63, 3.8) is 0 Å². The second-order valence-corrected chi connectivity index (χ2v) is 4.56. The second-order valence-electron chi connectivity index (χ2n) is 4.56. The number of hydrogen-bond donors (Lipinski definition) is 2. The smallest absolute Gasteiger partial charge is 0.361 e. The van der Waals surface area contributed by atoms with Crippen LogP contribution in [-0.2, 0) is 0 Å². The second kappa shape index (κ2) is 6.12. The van der Waals surface area contributed by atoms with Crippen molar-refractivity contribution >= 4 is 23.3 Å². The minimum Gasteiger partial charge on any atom is -0.478 e. The van der Waals surface area contributed by atoms with Crippen molar-refractivity contribution in [2.45, 2.75) is 0 Å². The quantitative estimate of drug-likeness (QED) is 0.623. The number of carbonyl (C=O) groups is 2. The highest BCUT2D eigenvalue weighted by molar-refractivity contribution is 6.02. The molecule has 10 heteroatoms. The SMILES string of the molecule is O=C(O)c1ccc(-c2ccc([N+](=O)[O-])c([N+](=O)[O-])c2C(=O)O)cc1. The van der Waals surface area contributed by atoms with E-state index in [1.165, 1.54) is 24.3 Å². The van der Waals surface area contributed by atoms with E-state index in [1.807, 2.05) is 0 Å². The molecule has 0 aliphatic heterocycles. The number of carboxylic acids is 2. The van der Waals surface area contributed by atoms with Crippen molar-refractivity contribution in [1.82, 2.24) is 0 Å². The molecule has 0 heterocycles. The van der Waals surface area contributed by atoms with E-state index in [1.54, 1.807) is 0 Å². The molecule has 2 aromatic rings. The Labute approximate surface area is 132 Å². The summed E-state index contributed by atoms with van der Waals surface area (Å²) in [5.41, 5.74) is -2.92. The Balaban J connectivity index is 2.77. The van der Waals surface area contributed by atoms with Crippen LogP contribution in [-0.4, -0.2) is 32.0 Å². The van der Waals surface area contributed by atoms with E-state index < -0.39 is 38.7 Å². The molecule has 2 rings (SSSR count). The van der Waals surface area contributed by atoms with Gasteiger partial charge in [0.25, 0.3) is 0 Å². The maximum Gasteiger partial charge on any atom is 0.361 e. The monoisotopic (exact) mass is 332 g/mol. The van der Waals surface area contributed by atoms with Gasteiger partial charge in [-0.15, -0.1) is 0 Å². The third kappa shape index (κ3) is 2.88. The Morgan fingerprint density at radius 3 is 1.83 bits per heavy atom. The average molecular weight is 332 g/mol. The molecule has 2 N–H and O–H groups in total. The summed E-state index contributed by atoms with van der Waals surface area (Å²) in [6.07, 6.45) is 0. The minimum atomic E-state index is -1.71. The topological polar surface area (TPSA) is 161 Å². The number of nitrogens with zero attached hydrogens (tertiary/aromatic N) is 2. The Morgan fingerprint density at radius 2 is 1.42 bits per heavy atom. The van der Waals surface area contributed by atoms with Crippen LogP contribution in [0.5, 0.6) is 0 Å². The highest BCUT2D eigenvalue weighted by Gasteiger charge is 2.34. The van der Waals surface area contributed by atoms with Crippen molar-refractivity contribution in [1.29, 1.82) is 0 Å². The molecule has 10 nitrogen and oxygen atoms in total. The first kappa shape index (κ1) is 16.5. The fourth-order valence-corrected chi connectivity index (χ4v) is 2.16. The van der Waals surface area contributed by atoms with Gasteiger partial charge in [0.1, 0.15) is 0 Å². The lowest BCUT2D eigenvalue weighted by atomic mass is 9.96. The van der Waals surface area contributed by atoms with Gasteiger partial charge >= 0.3 is 23.3 Å². The van der Waals surface area contributed by atoms with Gasteiger partial charge in [-0.25, -0.2) is 9.59 Å². The van der Waals surface area contributed by atoms with Gasteiger partial charge in [-0.3, -0.25) is 20.2 Å². The van der Waals surface area contributed by atoms with Crippen molar-refractivity contribution in [2.24, 2.45) is 0 Å². The predicted octanol–water partition coefficient (Wildman–Crippen LogP) is 2.57. The summed E-state index contributed by atoms with van der Waals surface area (Å²) in [6, 6.07) is 6.82. The van der Waals surface area contributed by atoms with Crippen LogP contribution in [0.3, 0.4) is 0 Å². The molecule has 0 atom stereocenters. The van der Waals surface area contributed by atoms with Crippen LogP contribution in [0, 0.1) is 20.2 Å². The molecular weight excluding hydrogens is 324 g/mol. The summed E-state index contributed by atoms with van der Waals surface area (Å²) in [4.78, 5) is 42.2. The standard InChI is InChI=1S/C14H8N2O8/c17-13(18)8-3-1-7(2-4-8)9-5-6-10(15(21)22)12(16(23)24)11(9)14(19)20/h1-6H,(H,17,18)(H,19,20). The predicted molar refractivity (Wildman–Crippen MR) is 79.1 cm³/mol. The van der Waals surface area contributed by atoms with Crippen LogP contribution in [0.4, 0.5) is 11.4 Å². The fraction of sp³-hybridized carbons (Fsp3) is 0. The zero-order valence-electron chi connectivity index (χ0n) is 11.7. The van der Waals surface area contributed by atoms with Gasteiger partial charge in [0.2, 0.25) is 0 Å². The van der Waals surface area contributed by atoms with Gasteiger partial charge in [-0.05, 0) is 23.8 Å². The van der Waals surface area contributed by atoms with Crippen molar-refractivity contribution in [3.05, 3.63) is 67.8 Å². The summed E-state index contributed by atoms with van der Waals surface area (Å²) in [5.74, 6) is -2.91. The lowest BCUT2D eigenvalue weighted by Crippen LogP contribution is -2.08. The first-order chi connectivity index (χ1) is 11.2. The van der Waals surface area contributed by atoms with Crippen LogP contribution in [0.25, 0.3) is 11.1 Å². The first-order valence-corrected chi connectivity index (χ1v) is 6.27. The number of rotatable bonds is 5. The summed E-state index contributed by atoms with van der Waals surface area (Å²) in [6.45, 7) is 0. The maximum atomic E-state index is 11.4. The summed E-state index contributed by atoms with van der Waals surface area (Å²) >= 11 is 0. The molecule has 122 valence electrons. The van der Waals surface area contributed by atoms with E-state index in [0.717, 1.165) is 12.1 Å². The molecule has 0 saturated carbocycles. The minimum absolute atomic E-state index is 0.0629. The summed E-state index contributed by atoms with van der Waals surface area (Å²) < 4.78 is 0. The number of benzene rings is 2. The Kier molecular flexibility index (Phi) is 4.22. The summed E-state index contributed by atoms with van der Waals surface area (Å²) in [5, 5.41) is 40.2. The molecule has 24 heavy (non-hydrogen) atoms. The molecule has 0 fully saturated rings. The lowest BCUT2D eigenvalue weighted by molar-refractivity contribution is -0.422. The largest absolute Gasteiger partial charge is 0.478 e. The van der Waals surface area contributed by atoms with Gasteiger partial charge in [-0.2, -0.15) is 0 Å². The van der Waals surface area contributed by atoms with Gasteiger partial charge in [-0.1, -0.05) is 12.1 Å². The maximum absolute atomic E-state index is 11.4. The van der Waals surface area contributed by atoms with Gasteiger partial charge in [0.15, 0.2) is 5.56 Å². The lowest BCUT2D eigenvalue weighted by Gasteiger charge is -2.08. The molecule has 0 aliphatic rings. The molecule has 0 aliphatic carbocycles. The Morgan fingerprint density at radius 1 is 0.833 bits per heavy atom. The molecule has 2 aromatic carbocycles. The van der Waals surface area contributed by atoms with E-state index in [2.05, 4.69) is 0 Å². The van der Waals surface area contributed by atoms with E-state index >= 15 is 0 Å². The van der Waals surface area contributed by atoms with Crippen LogP contribution < -0.4 is 0 Å². The molecule has 0 aromatic heterocycles. The number of nitro groups is 2. The average Bonchev–Trinajstić information content (AvgIpc) is 2.53. The number of nitro benzene ring substituents is 2. The fourth-order valence-electron chi connectivity index (χ4n) is 2.16. The van der Waals surface area contributed by atoms with Gasteiger partial charge < -0.3 is 10.2 Å². The van der Waals surface area contributed by atoms with E-state index in [4.69, 9.17) is 5.11 Å². The van der Waals surface area contributed by atoms with Crippen LogP contribution in [0.2, 0.25) is 0 Å². The van der Waals surface area contributed by atoms with Crippen LogP contribution in [0.1, 0.15) is 20.7 Å². The van der Waals surface area contributed by atoms with E-state index in [0.29, 0.717) is 0 Å². The van der Waals surface area contributed by atoms with E-state index in [-0.39, 0.29) is 16.7 Å². The number of hydrogen-bond acceptors (Lipinski definition) is 6. The first-order valence-electron chi connectivity index (χ1n) is 6.27. The molecule has 0 bridgehead atoms. The van der Waals surface area contributed by atoms with Crippen molar-refractivity contribution in [3.8, 4) is 11.1 Å².